The quantitative estimate of drug-likeness (QED) is 0.845. The zero-order valence-electron chi connectivity index (χ0n) is 12.4. The first-order valence-electron chi connectivity index (χ1n) is 7.07. The van der Waals surface area contributed by atoms with Crippen LogP contribution in [0.2, 0.25) is 0 Å². The van der Waals surface area contributed by atoms with Gasteiger partial charge in [-0.25, -0.2) is 4.98 Å². The number of aromatic nitrogens is 2. The summed E-state index contributed by atoms with van der Waals surface area (Å²) >= 11 is 0. The van der Waals surface area contributed by atoms with Gasteiger partial charge in [0.1, 0.15) is 5.82 Å². The van der Waals surface area contributed by atoms with Crippen LogP contribution in [0.25, 0.3) is 0 Å². The average molecular weight is 266 g/mol. The number of morpholine rings is 1. The van der Waals surface area contributed by atoms with Crippen molar-refractivity contribution in [3.63, 3.8) is 0 Å². The fourth-order valence-corrected chi connectivity index (χ4v) is 2.67. The molecule has 5 heteroatoms. The van der Waals surface area contributed by atoms with Gasteiger partial charge in [0, 0.05) is 37.6 Å². The second-order valence-corrected chi connectivity index (χ2v) is 6.11. The van der Waals surface area contributed by atoms with Crippen LogP contribution in [0.4, 0.5) is 0 Å². The van der Waals surface area contributed by atoms with E-state index in [1.807, 2.05) is 6.20 Å². The summed E-state index contributed by atoms with van der Waals surface area (Å²) in [7, 11) is 0. The lowest BCUT2D eigenvalue weighted by Crippen LogP contribution is -2.58. The molecule has 5 nitrogen and oxygen atoms in total. The van der Waals surface area contributed by atoms with Gasteiger partial charge in [-0.1, -0.05) is 0 Å². The van der Waals surface area contributed by atoms with E-state index >= 15 is 0 Å². The van der Waals surface area contributed by atoms with Crippen LogP contribution in [0, 0.1) is 0 Å². The van der Waals surface area contributed by atoms with Crippen molar-refractivity contribution in [2.24, 2.45) is 0 Å². The fourth-order valence-electron chi connectivity index (χ4n) is 2.67. The topological polar surface area (TPSA) is 53.2 Å². The zero-order valence-corrected chi connectivity index (χ0v) is 12.4. The molecular formula is C14H26N4O. The van der Waals surface area contributed by atoms with Gasteiger partial charge in [0.15, 0.2) is 0 Å². The third kappa shape index (κ3) is 4.03. The van der Waals surface area contributed by atoms with Crippen molar-refractivity contribution in [2.45, 2.75) is 52.0 Å². The van der Waals surface area contributed by atoms with Gasteiger partial charge in [0.25, 0.3) is 0 Å². The van der Waals surface area contributed by atoms with Gasteiger partial charge >= 0.3 is 0 Å². The maximum atomic E-state index is 5.80. The number of rotatable bonds is 5. The molecular weight excluding hydrogens is 240 g/mol. The molecule has 1 aliphatic heterocycles. The second kappa shape index (κ2) is 6.03. The molecule has 0 unspecified atom stereocenters. The van der Waals surface area contributed by atoms with Crippen molar-refractivity contribution in [3.8, 4) is 0 Å². The lowest BCUT2D eigenvalue weighted by molar-refractivity contribution is -0.0952. The Morgan fingerprint density at radius 3 is 2.68 bits per heavy atom. The van der Waals surface area contributed by atoms with Gasteiger partial charge in [-0.2, -0.15) is 0 Å². The molecule has 0 aromatic carbocycles. The van der Waals surface area contributed by atoms with E-state index < -0.39 is 0 Å². The Morgan fingerprint density at radius 1 is 1.42 bits per heavy atom. The summed E-state index contributed by atoms with van der Waals surface area (Å²) < 4.78 is 5.80. The Morgan fingerprint density at radius 2 is 2.11 bits per heavy atom. The minimum absolute atomic E-state index is 0.124. The number of imidazole rings is 1. The van der Waals surface area contributed by atoms with Crippen LogP contribution in [0.15, 0.2) is 12.4 Å². The second-order valence-electron chi connectivity index (χ2n) is 6.11. The van der Waals surface area contributed by atoms with E-state index in [-0.39, 0.29) is 5.54 Å². The average Bonchev–Trinajstić information content (AvgIpc) is 2.80. The molecule has 1 aliphatic rings. The van der Waals surface area contributed by atoms with Crippen LogP contribution >= 0.6 is 0 Å². The van der Waals surface area contributed by atoms with Gasteiger partial charge in [-0.05, 0) is 27.7 Å². The third-order valence-corrected chi connectivity index (χ3v) is 3.68. The number of nitrogens with one attached hydrogen (secondary N) is 2. The maximum absolute atomic E-state index is 5.80. The Kier molecular flexibility index (Phi) is 4.60. The van der Waals surface area contributed by atoms with Crippen molar-refractivity contribution in [1.29, 1.82) is 0 Å². The summed E-state index contributed by atoms with van der Waals surface area (Å²) in [5, 5.41) is 3.48. The molecule has 108 valence electrons. The molecule has 19 heavy (non-hydrogen) atoms. The number of ether oxygens (including phenoxy) is 1. The Bertz CT molecular complexity index is 367. The number of hydrogen-bond donors (Lipinski definition) is 2. The van der Waals surface area contributed by atoms with Crippen LogP contribution in [0.3, 0.4) is 0 Å². The van der Waals surface area contributed by atoms with Crippen molar-refractivity contribution in [1.82, 2.24) is 20.2 Å². The van der Waals surface area contributed by atoms with Gasteiger partial charge < -0.3 is 15.0 Å². The molecule has 2 N–H and O–H groups in total. The van der Waals surface area contributed by atoms with Crippen molar-refractivity contribution >= 4 is 0 Å². The monoisotopic (exact) mass is 266 g/mol. The predicted molar refractivity (Wildman–Crippen MR) is 76.0 cm³/mol. The first kappa shape index (κ1) is 14.5. The fraction of sp³-hybridized carbons (Fsp3) is 0.786. The highest BCUT2D eigenvalue weighted by Gasteiger charge is 2.32. The minimum Gasteiger partial charge on any atom is -0.373 e. The highest BCUT2D eigenvalue weighted by molar-refractivity contribution is 4.91. The van der Waals surface area contributed by atoms with Crippen LogP contribution in [-0.4, -0.2) is 52.2 Å². The minimum atomic E-state index is 0.124. The molecule has 2 atom stereocenters. The molecule has 0 spiro atoms. The van der Waals surface area contributed by atoms with Crippen molar-refractivity contribution in [3.05, 3.63) is 18.2 Å². The largest absolute Gasteiger partial charge is 0.373 e. The van der Waals surface area contributed by atoms with Crippen LogP contribution in [-0.2, 0) is 11.3 Å². The number of nitrogens with zero attached hydrogens (tertiary/aromatic N) is 2. The SMILES string of the molecule is C[C@H]1CN(C(C)(C)CNCc2ncc[nH]2)C[C@H](C)O1. The molecule has 0 amide bonds. The summed E-state index contributed by atoms with van der Waals surface area (Å²) in [6, 6.07) is 0. The van der Waals surface area contributed by atoms with Gasteiger partial charge in [-0.3, -0.25) is 4.90 Å². The van der Waals surface area contributed by atoms with Crippen LogP contribution in [0.1, 0.15) is 33.5 Å². The van der Waals surface area contributed by atoms with Gasteiger partial charge in [-0.15, -0.1) is 0 Å². The van der Waals surface area contributed by atoms with E-state index in [4.69, 9.17) is 4.74 Å². The number of hydrogen-bond acceptors (Lipinski definition) is 4. The zero-order chi connectivity index (χ0) is 13.9. The normalized spacial score (nSPS) is 25.7. The summed E-state index contributed by atoms with van der Waals surface area (Å²) in [5.41, 5.74) is 0.124. The molecule has 2 rings (SSSR count). The molecule has 0 aliphatic carbocycles. The highest BCUT2D eigenvalue weighted by atomic mass is 16.5. The summed E-state index contributed by atoms with van der Waals surface area (Å²) in [5.74, 6) is 0.986. The lowest BCUT2D eigenvalue weighted by atomic mass is 10.00. The van der Waals surface area contributed by atoms with Crippen molar-refractivity contribution < 1.29 is 4.74 Å². The van der Waals surface area contributed by atoms with E-state index in [1.165, 1.54) is 0 Å². The molecule has 0 saturated carbocycles. The maximum Gasteiger partial charge on any atom is 0.120 e. The highest BCUT2D eigenvalue weighted by Crippen LogP contribution is 2.20. The van der Waals surface area contributed by atoms with Crippen LogP contribution < -0.4 is 5.32 Å². The standard InChI is InChI=1S/C14H26N4O/c1-11-8-18(9-12(2)19-11)14(3,4)10-15-7-13-16-5-6-17-13/h5-6,11-12,15H,7-10H2,1-4H3,(H,16,17)/t11-,12-/m0/s1. The smallest absolute Gasteiger partial charge is 0.120 e. The van der Waals surface area contributed by atoms with E-state index in [1.54, 1.807) is 6.20 Å². The first-order chi connectivity index (χ1) is 8.97. The van der Waals surface area contributed by atoms with Gasteiger partial charge in [0.2, 0.25) is 0 Å². The first-order valence-corrected chi connectivity index (χ1v) is 7.07. The summed E-state index contributed by atoms with van der Waals surface area (Å²) in [6.45, 7) is 12.6. The van der Waals surface area contributed by atoms with E-state index in [2.05, 4.69) is 47.9 Å². The van der Waals surface area contributed by atoms with E-state index in [0.29, 0.717) is 12.2 Å². The lowest BCUT2D eigenvalue weighted by Gasteiger charge is -2.45. The molecule has 2 heterocycles. The molecule has 0 bridgehead atoms. The Balaban J connectivity index is 1.83. The molecule has 0 radical (unpaired) electrons. The van der Waals surface area contributed by atoms with Gasteiger partial charge in [0.05, 0.1) is 18.8 Å². The van der Waals surface area contributed by atoms with Crippen LogP contribution in [0.5, 0.6) is 0 Å². The molecule has 1 aromatic rings. The van der Waals surface area contributed by atoms with E-state index in [9.17, 15) is 0 Å². The third-order valence-electron chi connectivity index (χ3n) is 3.68. The number of H-pyrrole nitrogens is 1. The summed E-state index contributed by atoms with van der Waals surface area (Å²) in [6.07, 6.45) is 4.27. The van der Waals surface area contributed by atoms with Crippen molar-refractivity contribution in [2.75, 3.05) is 19.6 Å². The number of aromatic amines is 1. The Labute approximate surface area is 115 Å². The molecule has 1 fully saturated rings. The molecule has 1 aromatic heterocycles. The Hall–Kier alpha value is -0.910. The predicted octanol–water partition coefficient (Wildman–Crippen LogP) is 1.39. The molecule has 1 saturated heterocycles. The summed E-state index contributed by atoms with van der Waals surface area (Å²) in [4.78, 5) is 9.85. The van der Waals surface area contributed by atoms with E-state index in [0.717, 1.165) is 32.0 Å².